The first-order valence-electron chi connectivity index (χ1n) is 6.11. The molecule has 4 nitrogen and oxygen atoms in total. The van der Waals surface area contributed by atoms with Crippen LogP contribution in [-0.4, -0.2) is 46.5 Å². The van der Waals surface area contributed by atoms with Gasteiger partial charge in [-0.05, 0) is 12.8 Å². The summed E-state index contributed by atoms with van der Waals surface area (Å²) in [6.45, 7) is 7.35. The first-order chi connectivity index (χ1) is 8.02. The van der Waals surface area contributed by atoms with E-state index >= 15 is 0 Å². The summed E-state index contributed by atoms with van der Waals surface area (Å²) in [7, 11) is 0. The number of hydrogen-bond acceptors (Lipinski definition) is 3. The average molecular weight is 261 g/mol. The quantitative estimate of drug-likeness (QED) is 0.690. The van der Waals surface area contributed by atoms with E-state index in [0.717, 1.165) is 25.9 Å². The third kappa shape index (κ3) is 7.26. The molecular weight excluding hydrogens is 238 g/mol. The number of nitrogens with zero attached hydrogens (tertiary/aromatic N) is 1. The number of thioether (sulfide) groups is 1. The molecule has 0 aromatic carbocycles. The van der Waals surface area contributed by atoms with Crippen molar-refractivity contribution in [1.29, 1.82) is 0 Å². The minimum atomic E-state index is -0.802. The van der Waals surface area contributed by atoms with Crippen LogP contribution in [0.4, 0.5) is 0 Å². The zero-order chi connectivity index (χ0) is 13.3. The van der Waals surface area contributed by atoms with Gasteiger partial charge in [0.2, 0.25) is 5.91 Å². The molecule has 1 N–H and O–H groups in total. The largest absolute Gasteiger partial charge is 0.481 e. The molecule has 0 heterocycles. The molecule has 5 heteroatoms. The van der Waals surface area contributed by atoms with E-state index in [0.29, 0.717) is 11.5 Å². The van der Waals surface area contributed by atoms with E-state index in [9.17, 15) is 9.59 Å². The third-order valence-electron chi connectivity index (χ3n) is 2.35. The van der Waals surface area contributed by atoms with Crippen molar-refractivity contribution in [1.82, 2.24) is 4.90 Å². The number of amides is 1. The van der Waals surface area contributed by atoms with Crippen molar-refractivity contribution in [2.45, 2.75) is 33.6 Å². The van der Waals surface area contributed by atoms with Crippen LogP contribution in [0.15, 0.2) is 0 Å². The Morgan fingerprint density at radius 1 is 1.24 bits per heavy atom. The summed E-state index contributed by atoms with van der Waals surface area (Å²) < 4.78 is 0. The van der Waals surface area contributed by atoms with Crippen molar-refractivity contribution in [2.24, 2.45) is 5.92 Å². The maximum atomic E-state index is 11.8. The molecule has 0 fully saturated rings. The van der Waals surface area contributed by atoms with Gasteiger partial charge < -0.3 is 10.0 Å². The van der Waals surface area contributed by atoms with E-state index in [2.05, 4.69) is 13.8 Å². The van der Waals surface area contributed by atoms with Gasteiger partial charge in [0.05, 0.1) is 11.7 Å². The highest BCUT2D eigenvalue weighted by Crippen LogP contribution is 2.10. The van der Waals surface area contributed by atoms with Gasteiger partial charge in [0.25, 0.3) is 0 Å². The van der Waals surface area contributed by atoms with Gasteiger partial charge in [-0.2, -0.15) is 11.8 Å². The van der Waals surface area contributed by atoms with E-state index in [1.54, 1.807) is 6.92 Å². The van der Waals surface area contributed by atoms with Crippen LogP contribution in [0.3, 0.4) is 0 Å². The highest BCUT2D eigenvalue weighted by Gasteiger charge is 2.14. The fourth-order valence-electron chi connectivity index (χ4n) is 1.39. The summed E-state index contributed by atoms with van der Waals surface area (Å²) in [5.74, 6) is -0.191. The van der Waals surface area contributed by atoms with Gasteiger partial charge in [-0.1, -0.05) is 20.8 Å². The fourth-order valence-corrected chi connectivity index (χ4v) is 2.36. The predicted molar refractivity (Wildman–Crippen MR) is 71.3 cm³/mol. The molecule has 17 heavy (non-hydrogen) atoms. The molecule has 0 aromatic heterocycles. The van der Waals surface area contributed by atoms with Crippen LogP contribution in [0.5, 0.6) is 0 Å². The molecule has 0 aliphatic rings. The third-order valence-corrected chi connectivity index (χ3v) is 3.54. The second-order valence-corrected chi connectivity index (χ2v) is 5.17. The number of carbonyl (C=O) groups is 2. The van der Waals surface area contributed by atoms with Crippen molar-refractivity contribution in [2.75, 3.05) is 24.6 Å². The van der Waals surface area contributed by atoms with E-state index in [4.69, 9.17) is 5.11 Å². The van der Waals surface area contributed by atoms with Crippen molar-refractivity contribution >= 4 is 23.6 Å². The van der Waals surface area contributed by atoms with Gasteiger partial charge >= 0.3 is 5.97 Å². The van der Waals surface area contributed by atoms with Gasteiger partial charge in [0, 0.05) is 18.8 Å². The van der Waals surface area contributed by atoms with Gasteiger partial charge in [-0.3, -0.25) is 9.59 Å². The Labute approximate surface area is 108 Å². The molecular formula is C12H23NO3S. The molecule has 0 aromatic rings. The van der Waals surface area contributed by atoms with E-state index < -0.39 is 11.9 Å². The van der Waals surface area contributed by atoms with Crippen LogP contribution in [0.2, 0.25) is 0 Å². The molecule has 0 saturated heterocycles. The molecule has 0 saturated carbocycles. The van der Waals surface area contributed by atoms with Crippen LogP contribution in [-0.2, 0) is 9.59 Å². The summed E-state index contributed by atoms with van der Waals surface area (Å²) in [6.07, 6.45) is 1.92. The van der Waals surface area contributed by atoms with Gasteiger partial charge in [-0.25, -0.2) is 0 Å². The molecule has 1 amide bonds. The first kappa shape index (κ1) is 16.3. The Kier molecular flexibility index (Phi) is 8.94. The number of carboxylic acid groups (broad SMARTS) is 1. The van der Waals surface area contributed by atoms with Crippen molar-refractivity contribution in [3.63, 3.8) is 0 Å². The maximum absolute atomic E-state index is 11.8. The number of hydrogen-bond donors (Lipinski definition) is 1. The Bertz CT molecular complexity index is 240. The lowest BCUT2D eigenvalue weighted by atomic mass is 10.2. The fraction of sp³-hybridized carbons (Fsp3) is 0.833. The molecule has 0 spiro atoms. The Morgan fingerprint density at radius 3 is 2.18 bits per heavy atom. The Balaban J connectivity index is 3.92. The smallest absolute Gasteiger partial charge is 0.307 e. The summed E-state index contributed by atoms with van der Waals surface area (Å²) >= 11 is 1.41. The van der Waals surface area contributed by atoms with E-state index in [-0.39, 0.29) is 5.91 Å². The van der Waals surface area contributed by atoms with Gasteiger partial charge in [0.15, 0.2) is 0 Å². The lowest BCUT2D eigenvalue weighted by Crippen LogP contribution is -2.34. The lowest BCUT2D eigenvalue weighted by Gasteiger charge is -2.21. The van der Waals surface area contributed by atoms with E-state index in [1.165, 1.54) is 11.8 Å². The molecule has 1 atom stereocenters. The minimum Gasteiger partial charge on any atom is -0.481 e. The highest BCUT2D eigenvalue weighted by molar-refractivity contribution is 7.99. The monoisotopic (exact) mass is 261 g/mol. The number of aliphatic carboxylic acids is 1. The highest BCUT2D eigenvalue weighted by atomic mass is 32.2. The Hall–Kier alpha value is -0.710. The zero-order valence-corrected chi connectivity index (χ0v) is 11.8. The predicted octanol–water partition coefficient (Wildman–Crippen LogP) is 2.09. The summed E-state index contributed by atoms with van der Waals surface area (Å²) in [6, 6.07) is 0. The van der Waals surface area contributed by atoms with Crippen LogP contribution < -0.4 is 0 Å². The van der Waals surface area contributed by atoms with Crippen LogP contribution in [0.1, 0.15) is 33.6 Å². The van der Waals surface area contributed by atoms with Crippen LogP contribution >= 0.6 is 11.8 Å². The molecule has 0 bridgehead atoms. The Morgan fingerprint density at radius 2 is 1.76 bits per heavy atom. The van der Waals surface area contributed by atoms with Crippen molar-refractivity contribution in [3.05, 3.63) is 0 Å². The number of carboxylic acids is 1. The lowest BCUT2D eigenvalue weighted by molar-refractivity contribution is -0.140. The molecule has 100 valence electrons. The number of rotatable bonds is 9. The maximum Gasteiger partial charge on any atom is 0.307 e. The second kappa shape index (κ2) is 9.33. The molecule has 1 unspecified atom stereocenters. The standard InChI is InChI=1S/C12H23NO3S/c1-4-6-13(7-5-2)11(14)9-17-8-10(3)12(15)16/h10H,4-9H2,1-3H3,(H,15,16). The second-order valence-electron chi connectivity index (χ2n) is 4.14. The van der Waals surface area contributed by atoms with Crippen molar-refractivity contribution in [3.8, 4) is 0 Å². The zero-order valence-electron chi connectivity index (χ0n) is 10.9. The summed E-state index contributed by atoms with van der Waals surface area (Å²) in [5, 5.41) is 8.72. The van der Waals surface area contributed by atoms with Crippen molar-refractivity contribution < 1.29 is 14.7 Å². The molecule has 0 aliphatic heterocycles. The first-order valence-corrected chi connectivity index (χ1v) is 7.26. The molecule has 0 rings (SSSR count). The van der Waals surface area contributed by atoms with Gasteiger partial charge in [0.1, 0.15) is 0 Å². The normalized spacial score (nSPS) is 12.2. The minimum absolute atomic E-state index is 0.122. The SMILES string of the molecule is CCCN(CCC)C(=O)CSCC(C)C(=O)O. The van der Waals surface area contributed by atoms with Gasteiger partial charge in [-0.15, -0.1) is 0 Å². The average Bonchev–Trinajstić information content (AvgIpc) is 2.28. The van der Waals surface area contributed by atoms with Crippen LogP contribution in [0, 0.1) is 5.92 Å². The summed E-state index contributed by atoms with van der Waals surface area (Å²) in [5.41, 5.74) is 0. The number of carbonyl (C=O) groups excluding carboxylic acids is 1. The topological polar surface area (TPSA) is 57.6 Å². The van der Waals surface area contributed by atoms with E-state index in [1.807, 2.05) is 4.90 Å². The van der Waals surface area contributed by atoms with Crippen LogP contribution in [0.25, 0.3) is 0 Å². The summed E-state index contributed by atoms with van der Waals surface area (Å²) in [4.78, 5) is 24.3. The molecule has 0 radical (unpaired) electrons. The molecule has 0 aliphatic carbocycles.